The highest BCUT2D eigenvalue weighted by Gasteiger charge is 2.28. The van der Waals surface area contributed by atoms with Crippen molar-refractivity contribution in [2.75, 3.05) is 33.6 Å². The monoisotopic (exact) mass is 375 g/mol. The van der Waals surface area contributed by atoms with Crippen LogP contribution in [0, 0.1) is 5.92 Å². The van der Waals surface area contributed by atoms with Crippen molar-refractivity contribution < 1.29 is 33.3 Å². The SMILES string of the molecule is COC(=O)C1CCN(C(=O)COC(=O)/C=C/c2ccc3c(c2)OCO3)CC1. The third kappa shape index (κ3) is 4.78. The number of carbonyl (C=O) groups excluding carboxylic acids is 3. The van der Waals surface area contributed by atoms with Crippen LogP contribution in [-0.4, -0.2) is 56.3 Å². The summed E-state index contributed by atoms with van der Waals surface area (Å²) in [4.78, 5) is 37.0. The smallest absolute Gasteiger partial charge is 0.331 e. The second-order valence-electron chi connectivity index (χ2n) is 6.23. The molecule has 144 valence electrons. The quantitative estimate of drug-likeness (QED) is 0.567. The van der Waals surface area contributed by atoms with Gasteiger partial charge in [-0.05, 0) is 36.6 Å². The molecule has 8 heteroatoms. The van der Waals surface area contributed by atoms with Crippen LogP contribution >= 0.6 is 0 Å². The second kappa shape index (κ2) is 8.57. The van der Waals surface area contributed by atoms with Gasteiger partial charge in [-0.15, -0.1) is 0 Å². The Balaban J connectivity index is 1.42. The highest BCUT2D eigenvalue weighted by Crippen LogP contribution is 2.32. The molecule has 1 amide bonds. The molecule has 2 aliphatic heterocycles. The van der Waals surface area contributed by atoms with E-state index in [9.17, 15) is 14.4 Å². The zero-order valence-electron chi connectivity index (χ0n) is 15.0. The normalized spacial score (nSPS) is 16.4. The zero-order valence-corrected chi connectivity index (χ0v) is 15.0. The molecule has 0 radical (unpaired) electrons. The van der Waals surface area contributed by atoms with Gasteiger partial charge in [-0.3, -0.25) is 9.59 Å². The summed E-state index contributed by atoms with van der Waals surface area (Å²) in [5.41, 5.74) is 0.757. The lowest BCUT2D eigenvalue weighted by molar-refractivity contribution is -0.151. The van der Waals surface area contributed by atoms with Crippen LogP contribution in [0.5, 0.6) is 11.5 Å². The van der Waals surface area contributed by atoms with Crippen LogP contribution < -0.4 is 9.47 Å². The number of amides is 1. The van der Waals surface area contributed by atoms with Crippen molar-refractivity contribution in [2.45, 2.75) is 12.8 Å². The molecule has 0 N–H and O–H groups in total. The van der Waals surface area contributed by atoms with E-state index in [1.807, 2.05) is 0 Å². The van der Waals surface area contributed by atoms with E-state index in [1.54, 1.807) is 29.2 Å². The topological polar surface area (TPSA) is 91.4 Å². The van der Waals surface area contributed by atoms with E-state index < -0.39 is 5.97 Å². The third-order valence-electron chi connectivity index (χ3n) is 4.53. The van der Waals surface area contributed by atoms with Crippen molar-refractivity contribution in [3.8, 4) is 11.5 Å². The number of rotatable bonds is 5. The maximum Gasteiger partial charge on any atom is 0.331 e. The number of methoxy groups -OCH3 is 1. The van der Waals surface area contributed by atoms with Crippen LogP contribution in [0.4, 0.5) is 0 Å². The summed E-state index contributed by atoms with van der Waals surface area (Å²) >= 11 is 0. The maximum absolute atomic E-state index is 12.1. The van der Waals surface area contributed by atoms with E-state index >= 15 is 0 Å². The molecule has 0 bridgehead atoms. The Morgan fingerprint density at radius 2 is 1.93 bits per heavy atom. The van der Waals surface area contributed by atoms with E-state index in [4.69, 9.17) is 18.9 Å². The Hall–Kier alpha value is -3.03. The zero-order chi connectivity index (χ0) is 19.2. The molecule has 1 fully saturated rings. The predicted octanol–water partition coefficient (Wildman–Crippen LogP) is 1.38. The van der Waals surface area contributed by atoms with Gasteiger partial charge in [0.15, 0.2) is 18.1 Å². The highest BCUT2D eigenvalue weighted by atomic mass is 16.7. The number of ether oxygens (including phenoxy) is 4. The van der Waals surface area contributed by atoms with Crippen LogP contribution in [0.1, 0.15) is 18.4 Å². The molecule has 2 aliphatic rings. The number of likely N-dealkylation sites (tertiary alicyclic amines) is 1. The highest BCUT2D eigenvalue weighted by molar-refractivity contribution is 5.89. The van der Waals surface area contributed by atoms with Gasteiger partial charge in [0.1, 0.15) is 0 Å². The summed E-state index contributed by atoms with van der Waals surface area (Å²) in [6.45, 7) is 0.753. The van der Waals surface area contributed by atoms with Crippen LogP contribution in [0.3, 0.4) is 0 Å². The lowest BCUT2D eigenvalue weighted by Crippen LogP contribution is -2.42. The summed E-state index contributed by atoms with van der Waals surface area (Å²) < 4.78 is 20.2. The number of carbonyl (C=O) groups is 3. The Morgan fingerprint density at radius 3 is 2.67 bits per heavy atom. The number of hydrogen-bond acceptors (Lipinski definition) is 7. The predicted molar refractivity (Wildman–Crippen MR) is 93.9 cm³/mol. The Morgan fingerprint density at radius 1 is 1.19 bits per heavy atom. The first-order valence-electron chi connectivity index (χ1n) is 8.67. The number of fused-ring (bicyclic) bond motifs is 1. The van der Waals surface area contributed by atoms with E-state index in [0.29, 0.717) is 37.4 Å². The molecule has 3 rings (SSSR count). The van der Waals surface area contributed by atoms with Gasteiger partial charge in [0.05, 0.1) is 13.0 Å². The number of esters is 2. The minimum absolute atomic E-state index is 0.175. The first-order valence-corrected chi connectivity index (χ1v) is 8.67. The fraction of sp³-hybridized carbons (Fsp3) is 0.421. The van der Waals surface area contributed by atoms with Crippen molar-refractivity contribution in [2.24, 2.45) is 5.92 Å². The minimum Gasteiger partial charge on any atom is -0.469 e. The number of piperidine rings is 1. The van der Waals surface area contributed by atoms with Gasteiger partial charge in [0.2, 0.25) is 6.79 Å². The molecule has 1 aromatic rings. The standard InChI is InChI=1S/C19H21NO7/c1-24-19(23)14-6-8-20(9-7-14)17(21)11-25-18(22)5-3-13-2-4-15-16(10-13)27-12-26-15/h2-5,10,14H,6-9,11-12H2,1H3/b5-3+. The Kier molecular flexibility index (Phi) is 5.95. The van der Waals surface area contributed by atoms with Crippen LogP contribution in [0.15, 0.2) is 24.3 Å². The van der Waals surface area contributed by atoms with E-state index in [-0.39, 0.29) is 31.2 Å². The molecule has 0 aromatic heterocycles. The fourth-order valence-corrected chi connectivity index (χ4v) is 2.98. The van der Waals surface area contributed by atoms with Crippen LogP contribution in [0.2, 0.25) is 0 Å². The van der Waals surface area contributed by atoms with E-state index in [0.717, 1.165) is 5.56 Å². The molecule has 0 unspecified atom stereocenters. The number of benzene rings is 1. The molecule has 0 aliphatic carbocycles. The van der Waals surface area contributed by atoms with Crippen molar-refractivity contribution >= 4 is 23.9 Å². The molecule has 27 heavy (non-hydrogen) atoms. The van der Waals surface area contributed by atoms with Crippen molar-refractivity contribution in [1.82, 2.24) is 4.90 Å². The lowest BCUT2D eigenvalue weighted by Gasteiger charge is -2.30. The molecular formula is C19H21NO7. The molecule has 1 aromatic carbocycles. The van der Waals surface area contributed by atoms with Gasteiger partial charge in [0, 0.05) is 19.2 Å². The van der Waals surface area contributed by atoms with Crippen molar-refractivity contribution in [1.29, 1.82) is 0 Å². The van der Waals surface area contributed by atoms with Crippen LogP contribution in [-0.2, 0) is 23.9 Å². The lowest BCUT2D eigenvalue weighted by atomic mass is 9.97. The van der Waals surface area contributed by atoms with E-state index in [2.05, 4.69) is 0 Å². The molecule has 0 atom stereocenters. The summed E-state index contributed by atoms with van der Waals surface area (Å²) in [5.74, 6) is -0.0191. The first-order chi connectivity index (χ1) is 13.1. The van der Waals surface area contributed by atoms with Gasteiger partial charge in [-0.25, -0.2) is 4.79 Å². The molecule has 1 saturated heterocycles. The van der Waals surface area contributed by atoms with Gasteiger partial charge < -0.3 is 23.8 Å². The van der Waals surface area contributed by atoms with Gasteiger partial charge in [-0.2, -0.15) is 0 Å². The van der Waals surface area contributed by atoms with Gasteiger partial charge in [0.25, 0.3) is 5.91 Å². The average molecular weight is 375 g/mol. The van der Waals surface area contributed by atoms with Gasteiger partial charge >= 0.3 is 11.9 Å². The fourth-order valence-electron chi connectivity index (χ4n) is 2.98. The first kappa shape index (κ1) is 18.8. The maximum atomic E-state index is 12.1. The van der Waals surface area contributed by atoms with Gasteiger partial charge in [-0.1, -0.05) is 6.07 Å². The Bertz CT molecular complexity index is 750. The van der Waals surface area contributed by atoms with E-state index in [1.165, 1.54) is 13.2 Å². The number of hydrogen-bond donors (Lipinski definition) is 0. The average Bonchev–Trinajstić information content (AvgIpc) is 3.17. The van der Waals surface area contributed by atoms with Crippen molar-refractivity contribution in [3.05, 3.63) is 29.8 Å². The third-order valence-corrected chi connectivity index (χ3v) is 4.53. The molecule has 0 spiro atoms. The number of nitrogens with zero attached hydrogens (tertiary/aromatic N) is 1. The summed E-state index contributed by atoms with van der Waals surface area (Å²) in [5, 5.41) is 0. The van der Waals surface area contributed by atoms with Crippen molar-refractivity contribution in [3.63, 3.8) is 0 Å². The summed E-state index contributed by atoms with van der Waals surface area (Å²) in [6.07, 6.45) is 3.94. The summed E-state index contributed by atoms with van der Waals surface area (Å²) in [7, 11) is 1.36. The minimum atomic E-state index is -0.606. The van der Waals surface area contributed by atoms with Crippen LogP contribution in [0.25, 0.3) is 6.08 Å². The second-order valence-corrected chi connectivity index (χ2v) is 6.23. The molecule has 8 nitrogen and oxygen atoms in total. The molecular weight excluding hydrogens is 354 g/mol. The molecule has 2 heterocycles. The molecule has 0 saturated carbocycles. The largest absolute Gasteiger partial charge is 0.469 e. The Labute approximate surface area is 156 Å². The summed E-state index contributed by atoms with van der Waals surface area (Å²) in [6, 6.07) is 5.30.